The predicted molar refractivity (Wildman–Crippen MR) is 384 cm³/mol. The molecule has 123 heavy (non-hydrogen) atoms. The maximum absolute atomic E-state index is 13.8. The number of esters is 12. The molecule has 688 valence electrons. The third kappa shape index (κ3) is 17.5. The van der Waals surface area contributed by atoms with E-state index in [2.05, 4.69) is 14.2 Å². The molecule has 16 aliphatic rings. The van der Waals surface area contributed by atoms with E-state index in [1.807, 2.05) is 0 Å². The quantitative estimate of drug-likeness (QED) is 0.0353. The first-order valence-corrected chi connectivity index (χ1v) is 46.4. The predicted octanol–water partition coefficient (Wildman–Crippen LogP) is 5.84. The minimum atomic E-state index is -6.09. The van der Waals surface area contributed by atoms with Crippen LogP contribution in [0.25, 0.3) is 0 Å². The van der Waals surface area contributed by atoms with Crippen LogP contribution >= 0.6 is 0 Å². The van der Waals surface area contributed by atoms with Gasteiger partial charge in [-0.05, 0) is 166 Å². The molecule has 0 spiro atoms. The number of ether oxygens (including phenoxy) is 15. The molecule has 0 radical (unpaired) electrons. The molecule has 24 atom stereocenters. The van der Waals surface area contributed by atoms with Gasteiger partial charge in [-0.15, -0.1) is 0 Å². The van der Waals surface area contributed by atoms with E-state index in [4.69, 9.17) is 56.8 Å². The van der Waals surface area contributed by atoms with E-state index in [1.54, 1.807) is 0 Å². The Labute approximate surface area is 701 Å². The third-order valence-corrected chi connectivity index (χ3v) is 31.4. The highest BCUT2D eigenvalue weighted by Crippen LogP contribution is 2.61. The minimum Gasteiger partial charge on any atom is -0.743 e. The van der Waals surface area contributed by atoms with E-state index in [9.17, 15) is 123 Å². The van der Waals surface area contributed by atoms with Crippen LogP contribution in [0.3, 0.4) is 0 Å². The number of rotatable bonds is 30. The number of hydrogen-bond donors (Lipinski definition) is 0. The molecule has 0 N–H and O–H groups in total. The Morgan fingerprint density at radius 1 is 0.374 bits per heavy atom. The number of halogens is 6. The van der Waals surface area contributed by atoms with Gasteiger partial charge in [-0.1, -0.05) is 38.5 Å². The van der Waals surface area contributed by atoms with Gasteiger partial charge in [0, 0.05) is 5.92 Å². The fourth-order valence-electron chi connectivity index (χ4n) is 22.5. The van der Waals surface area contributed by atoms with Crippen LogP contribution in [0, 0.1) is 65.1 Å². The Balaban J connectivity index is 0.000000150. The molecule has 36 nitrogen and oxygen atoms in total. The van der Waals surface area contributed by atoms with Crippen LogP contribution in [0.2, 0.25) is 0 Å². The van der Waals surface area contributed by atoms with Crippen molar-refractivity contribution in [3.63, 3.8) is 0 Å². The number of carbonyl (C=O) groups excluding carboxylic acids is 12. The summed E-state index contributed by atoms with van der Waals surface area (Å²) >= 11 is 0. The van der Waals surface area contributed by atoms with Gasteiger partial charge in [-0.2, -0.15) is 26.3 Å². The normalized spacial score (nSPS) is 35.1. The molecule has 0 aromatic carbocycles. The first-order chi connectivity index (χ1) is 57.7. The summed E-state index contributed by atoms with van der Waals surface area (Å²) in [7, 11) is -18.3. The maximum Gasteiger partial charge on any atom is 0.369 e. The van der Waals surface area contributed by atoms with Gasteiger partial charge in [0.15, 0.2) is 85.3 Å². The van der Waals surface area contributed by atoms with Crippen LogP contribution < -0.4 is 0 Å². The molecule has 16 rings (SSSR count). The molecule has 9 heterocycles. The maximum atomic E-state index is 13.8. The van der Waals surface area contributed by atoms with Crippen molar-refractivity contribution in [2.45, 2.75) is 344 Å². The summed E-state index contributed by atoms with van der Waals surface area (Å²) in [5.74, 6) is -14.5. The molecule has 9 saturated heterocycles. The van der Waals surface area contributed by atoms with Gasteiger partial charge in [0.2, 0.25) is 0 Å². The molecule has 0 aromatic heterocycles. The molecule has 9 aliphatic heterocycles. The van der Waals surface area contributed by atoms with Crippen LogP contribution in [0.1, 0.15) is 220 Å². The standard InChI is InChI=1S/C27H34F2O12S.C26H34F2O12S.C25H32F2O12S/c1-12(27(28,29)42(34,35)36)37-16(30)6-7-17(31)38-22-21-19(18-20(39-21)23(22)40-24(18)32)25(33)41-26(8-2-3-9-26)15-11-13-4-5-14(15)10-13;1-13(26(27,28)41(33,34)35)36-15(29)9-10-16(30)37-21-20-18(17-19(38-20)22(21)39-23(17)31)24(32)40-25(11-5-6-12-25)14-7-3-2-4-8-14;1-12(25(26,27)40(32,33)34)35-14(28)8-9-15(29)36-20-19-17(16-18(37-19)21(20)38-22(16)30)23(31)39-24(10-4-5-11-24)13-6-2-3-7-13/h12-15,18-23H,2-11H2,1H3,(H,34,35,36);13-14,17-22H,2-12H2,1H3,(H,33,34,35);12-13,16-21H,2-11H2,1H3,(H,32,33,34)/p-3. The smallest absolute Gasteiger partial charge is 0.369 e. The topological polar surface area (TPSA) is 515 Å². The highest BCUT2D eigenvalue weighted by atomic mass is 32.2. The second-order valence-electron chi connectivity index (χ2n) is 35.5. The van der Waals surface area contributed by atoms with Crippen molar-refractivity contribution in [2.75, 3.05) is 0 Å². The lowest BCUT2D eigenvalue weighted by Gasteiger charge is -2.41. The van der Waals surface area contributed by atoms with E-state index in [0.29, 0.717) is 32.6 Å². The Morgan fingerprint density at radius 3 is 0.927 bits per heavy atom. The van der Waals surface area contributed by atoms with E-state index >= 15 is 0 Å². The third-order valence-electron chi connectivity index (χ3n) is 28.4. The van der Waals surface area contributed by atoms with Crippen LogP contribution in [-0.4, -0.2) is 235 Å². The van der Waals surface area contributed by atoms with Gasteiger partial charge in [-0.25, -0.2) is 25.3 Å². The Hall–Kier alpha value is -7.17. The molecule has 0 aromatic rings. The molecule has 7 saturated carbocycles. The number of fused-ring (bicyclic) bond motifs is 5. The number of hydrogen-bond acceptors (Lipinski definition) is 36. The molecular weight excluding hydrogens is 1720 g/mol. The summed E-state index contributed by atoms with van der Waals surface area (Å²) in [6.45, 7) is 1.60. The average Bonchev–Trinajstić information content (AvgIpc) is 1.55. The molecule has 8 bridgehead atoms. The zero-order valence-corrected chi connectivity index (χ0v) is 69.6. The monoisotopic (exact) mass is 1820 g/mol. The number of carbonyl (C=O) groups is 12. The van der Waals surface area contributed by atoms with Crippen molar-refractivity contribution in [2.24, 2.45) is 65.1 Å². The fraction of sp³-hybridized carbons (Fsp3) is 0.846. The second-order valence-corrected chi connectivity index (χ2v) is 39.9. The lowest BCUT2D eigenvalue weighted by molar-refractivity contribution is -0.181. The Kier molecular flexibility index (Phi) is 26.0. The molecule has 7 aliphatic carbocycles. The molecule has 24 unspecified atom stereocenters. The summed E-state index contributed by atoms with van der Waals surface area (Å²) in [6, 6.07) is 0. The minimum absolute atomic E-state index is 0.246. The van der Waals surface area contributed by atoms with Crippen molar-refractivity contribution in [1.29, 1.82) is 0 Å². The van der Waals surface area contributed by atoms with Gasteiger partial charge in [0.1, 0.15) is 88.9 Å². The van der Waals surface area contributed by atoms with Crippen molar-refractivity contribution in [3.8, 4) is 0 Å². The zero-order chi connectivity index (χ0) is 89.0. The first kappa shape index (κ1) is 92.0. The fourth-order valence-corrected chi connectivity index (χ4v) is 23.8. The van der Waals surface area contributed by atoms with Crippen molar-refractivity contribution < 1.29 is 194 Å². The summed E-state index contributed by atoms with van der Waals surface area (Å²) in [5, 5.41) is -14.6. The van der Waals surface area contributed by atoms with Crippen LogP contribution in [-0.2, 0) is 159 Å². The Bertz CT molecular complexity index is 4480. The van der Waals surface area contributed by atoms with Crippen LogP contribution in [0.5, 0.6) is 0 Å². The van der Waals surface area contributed by atoms with E-state index in [1.165, 1.54) is 6.42 Å². The summed E-state index contributed by atoms with van der Waals surface area (Å²) in [6.07, 6.45) is 0.400. The van der Waals surface area contributed by atoms with Gasteiger partial charge in [0.05, 0.1) is 38.5 Å². The first-order valence-electron chi connectivity index (χ1n) is 42.1. The zero-order valence-electron chi connectivity index (χ0n) is 67.1. The molecule has 16 fully saturated rings. The highest BCUT2D eigenvalue weighted by Gasteiger charge is 2.76. The van der Waals surface area contributed by atoms with E-state index < -0.39 is 300 Å². The SMILES string of the molecule is CC(OC(=O)CCC(=O)OC1C2OC(=O)C3C2OC1C3C(=O)OC1(C2CC3CCC2C3)CCCC1)C(F)(F)S(=O)(=O)[O-].CC(OC(=O)CCC(=O)OC1C2OC(=O)C3C2OC1C3C(=O)OC1(C2CCCC2)CCCC1)C(F)(F)S(=O)(=O)[O-].CC(OC(=O)CCC(=O)OC1C2OC(=O)C3C2OC1C3C(=O)OC1(C2CCCCC2)CCCC1)C(F)(F)S(=O)(=O)[O-]. The summed E-state index contributed by atoms with van der Waals surface area (Å²) in [4.78, 5) is 152. The van der Waals surface area contributed by atoms with Crippen LogP contribution in [0.15, 0.2) is 0 Å². The average molecular weight is 1820 g/mol. The van der Waals surface area contributed by atoms with Crippen molar-refractivity contribution in [3.05, 3.63) is 0 Å². The second kappa shape index (κ2) is 34.8. The Morgan fingerprint density at radius 2 is 0.650 bits per heavy atom. The largest absolute Gasteiger partial charge is 0.743 e. The van der Waals surface area contributed by atoms with Crippen molar-refractivity contribution >= 4 is 102 Å². The lowest BCUT2D eigenvalue weighted by atomic mass is 9.74. The summed E-state index contributed by atoms with van der Waals surface area (Å²) in [5.41, 5.74) is -1.75. The van der Waals surface area contributed by atoms with Crippen molar-refractivity contribution in [1.82, 2.24) is 0 Å². The van der Waals surface area contributed by atoms with Gasteiger partial charge in [0.25, 0.3) is 0 Å². The lowest BCUT2D eigenvalue weighted by Crippen LogP contribution is -2.51. The van der Waals surface area contributed by atoms with E-state index in [0.717, 1.165) is 154 Å². The van der Waals surface area contributed by atoms with E-state index in [-0.39, 0.29) is 17.8 Å². The van der Waals surface area contributed by atoms with Gasteiger partial charge >= 0.3 is 87.4 Å². The van der Waals surface area contributed by atoms with Gasteiger partial charge in [-0.3, -0.25) is 57.5 Å². The van der Waals surface area contributed by atoms with Gasteiger partial charge < -0.3 is 84.7 Å². The molecule has 45 heteroatoms. The summed E-state index contributed by atoms with van der Waals surface area (Å²) < 4.78 is 260. The van der Waals surface area contributed by atoms with Crippen LogP contribution in [0.4, 0.5) is 26.3 Å². The highest BCUT2D eigenvalue weighted by molar-refractivity contribution is 7.87. The molecule has 0 amide bonds. The molecular formula is C78H97F6O36S3-3. The number of alkyl halides is 6.